The molecule has 0 saturated heterocycles. The van der Waals surface area contributed by atoms with Crippen LogP contribution in [0.25, 0.3) is 0 Å². The zero-order valence-corrected chi connectivity index (χ0v) is 13.4. The van der Waals surface area contributed by atoms with Crippen LogP contribution in [0.3, 0.4) is 0 Å². The lowest BCUT2D eigenvalue weighted by atomic mass is 9.43. The molecule has 0 radical (unpaired) electrons. The van der Waals surface area contributed by atoms with Crippen molar-refractivity contribution in [3.05, 3.63) is 30.1 Å². The molecule has 4 aliphatic carbocycles. The molecule has 4 aliphatic rings. The molecule has 118 valence electrons. The first kappa shape index (κ1) is 14.2. The van der Waals surface area contributed by atoms with Gasteiger partial charge in [-0.1, -0.05) is 13.8 Å². The third-order valence-corrected chi connectivity index (χ3v) is 5.88. The van der Waals surface area contributed by atoms with Crippen molar-refractivity contribution in [2.24, 2.45) is 16.7 Å². The third kappa shape index (κ3) is 2.34. The van der Waals surface area contributed by atoms with E-state index in [0.717, 1.165) is 25.2 Å². The first-order valence-electron chi connectivity index (χ1n) is 8.28. The summed E-state index contributed by atoms with van der Waals surface area (Å²) in [5, 5.41) is 0. The SMILES string of the molecule is CC12CC3CC(C)(C1)CC(NOC(=O)c1cccnc1)(C3)C2. The smallest absolute Gasteiger partial charge is 0.358 e. The summed E-state index contributed by atoms with van der Waals surface area (Å²) in [6, 6.07) is 3.49. The minimum atomic E-state index is -0.334. The van der Waals surface area contributed by atoms with E-state index in [2.05, 4.69) is 24.3 Å². The highest BCUT2D eigenvalue weighted by molar-refractivity contribution is 5.88. The zero-order chi connectivity index (χ0) is 15.4. The van der Waals surface area contributed by atoms with Crippen molar-refractivity contribution in [2.45, 2.75) is 57.9 Å². The number of rotatable bonds is 3. The molecule has 1 heterocycles. The predicted molar refractivity (Wildman–Crippen MR) is 82.9 cm³/mol. The summed E-state index contributed by atoms with van der Waals surface area (Å²) < 4.78 is 0. The number of nitrogens with zero attached hydrogens (tertiary/aromatic N) is 1. The van der Waals surface area contributed by atoms with E-state index in [0.29, 0.717) is 16.4 Å². The van der Waals surface area contributed by atoms with Crippen molar-refractivity contribution >= 4 is 5.97 Å². The Balaban J connectivity index is 1.50. The van der Waals surface area contributed by atoms with Crippen molar-refractivity contribution in [1.29, 1.82) is 0 Å². The Morgan fingerprint density at radius 1 is 1.23 bits per heavy atom. The fourth-order valence-electron chi connectivity index (χ4n) is 6.26. The second kappa shape index (κ2) is 4.54. The Morgan fingerprint density at radius 2 is 1.95 bits per heavy atom. The van der Waals surface area contributed by atoms with Gasteiger partial charge in [0.05, 0.1) is 11.1 Å². The summed E-state index contributed by atoms with van der Waals surface area (Å²) in [7, 11) is 0. The molecule has 1 N–H and O–H groups in total. The van der Waals surface area contributed by atoms with Crippen LogP contribution in [0, 0.1) is 16.7 Å². The molecule has 4 fully saturated rings. The summed E-state index contributed by atoms with van der Waals surface area (Å²) in [5.74, 6) is 0.440. The largest absolute Gasteiger partial charge is 0.366 e. The summed E-state index contributed by atoms with van der Waals surface area (Å²) in [5.41, 5.74) is 4.48. The lowest BCUT2D eigenvalue weighted by Gasteiger charge is -2.64. The molecule has 1 aromatic rings. The molecule has 4 bridgehead atoms. The van der Waals surface area contributed by atoms with Crippen LogP contribution in [-0.2, 0) is 4.84 Å². The fraction of sp³-hybridized carbons (Fsp3) is 0.667. The quantitative estimate of drug-likeness (QED) is 0.868. The lowest BCUT2D eigenvalue weighted by Crippen LogP contribution is -2.64. The topological polar surface area (TPSA) is 51.2 Å². The Kier molecular flexibility index (Phi) is 2.93. The molecular formula is C18H24N2O2. The molecule has 0 spiro atoms. The number of carbonyl (C=O) groups excluding carboxylic acids is 1. The average molecular weight is 300 g/mol. The summed E-state index contributed by atoms with van der Waals surface area (Å²) in [6.07, 6.45) is 10.6. The van der Waals surface area contributed by atoms with Gasteiger partial charge < -0.3 is 4.84 Å². The molecule has 0 amide bonds. The van der Waals surface area contributed by atoms with Crippen LogP contribution in [0.4, 0.5) is 0 Å². The summed E-state index contributed by atoms with van der Waals surface area (Å²) in [6.45, 7) is 4.82. The van der Waals surface area contributed by atoms with Gasteiger partial charge in [-0.05, 0) is 67.4 Å². The molecule has 4 heteroatoms. The van der Waals surface area contributed by atoms with E-state index >= 15 is 0 Å². The van der Waals surface area contributed by atoms with Gasteiger partial charge in [-0.2, -0.15) is 0 Å². The van der Waals surface area contributed by atoms with Gasteiger partial charge in [0.2, 0.25) is 0 Å². The van der Waals surface area contributed by atoms with Gasteiger partial charge in [0.1, 0.15) is 0 Å². The maximum absolute atomic E-state index is 12.2. The number of pyridine rings is 1. The van der Waals surface area contributed by atoms with E-state index in [9.17, 15) is 4.79 Å². The van der Waals surface area contributed by atoms with Gasteiger partial charge in [0, 0.05) is 12.4 Å². The number of hydroxylamine groups is 1. The molecule has 22 heavy (non-hydrogen) atoms. The highest BCUT2D eigenvalue weighted by Crippen LogP contribution is 2.66. The van der Waals surface area contributed by atoms with Crippen LogP contribution in [0.5, 0.6) is 0 Å². The van der Waals surface area contributed by atoms with Crippen molar-refractivity contribution in [3.8, 4) is 0 Å². The monoisotopic (exact) mass is 300 g/mol. The van der Waals surface area contributed by atoms with Crippen LogP contribution in [0.2, 0.25) is 0 Å². The predicted octanol–water partition coefficient (Wildman–Crippen LogP) is 3.49. The van der Waals surface area contributed by atoms with Gasteiger partial charge in [0.25, 0.3) is 0 Å². The summed E-state index contributed by atoms with van der Waals surface area (Å²) >= 11 is 0. The minimum Gasteiger partial charge on any atom is -0.366 e. The molecule has 5 rings (SSSR count). The highest BCUT2D eigenvalue weighted by atomic mass is 16.7. The maximum Gasteiger partial charge on any atom is 0.358 e. The number of nitrogens with one attached hydrogen (secondary N) is 1. The van der Waals surface area contributed by atoms with Gasteiger partial charge in [-0.3, -0.25) is 4.98 Å². The summed E-state index contributed by atoms with van der Waals surface area (Å²) in [4.78, 5) is 21.6. The Hall–Kier alpha value is -1.42. The lowest BCUT2D eigenvalue weighted by molar-refractivity contribution is -0.152. The van der Waals surface area contributed by atoms with Crippen LogP contribution >= 0.6 is 0 Å². The van der Waals surface area contributed by atoms with Crippen LogP contribution < -0.4 is 5.48 Å². The normalized spacial score (nSPS) is 42.4. The number of hydrogen-bond acceptors (Lipinski definition) is 4. The maximum atomic E-state index is 12.2. The molecule has 4 nitrogen and oxygen atoms in total. The molecule has 1 aromatic heterocycles. The van der Waals surface area contributed by atoms with Gasteiger partial charge in [0.15, 0.2) is 0 Å². The first-order valence-corrected chi connectivity index (χ1v) is 8.28. The van der Waals surface area contributed by atoms with Crippen molar-refractivity contribution in [1.82, 2.24) is 10.5 Å². The Morgan fingerprint density at radius 3 is 2.55 bits per heavy atom. The zero-order valence-electron chi connectivity index (χ0n) is 13.4. The average Bonchev–Trinajstić information content (AvgIpc) is 2.42. The standard InChI is InChI=1S/C18H24N2O2/c1-16-6-13-7-17(2,10-16)12-18(8-13,11-16)20-22-15(21)14-4-3-5-19-9-14/h3-5,9,13,20H,6-8,10-12H2,1-2H3. The minimum absolute atomic E-state index is 0.0270. The van der Waals surface area contributed by atoms with Crippen molar-refractivity contribution in [3.63, 3.8) is 0 Å². The molecule has 2 atom stereocenters. The van der Waals surface area contributed by atoms with E-state index in [1.54, 1.807) is 24.5 Å². The first-order chi connectivity index (χ1) is 10.4. The molecule has 2 unspecified atom stereocenters. The van der Waals surface area contributed by atoms with Gasteiger partial charge >= 0.3 is 5.97 Å². The third-order valence-electron chi connectivity index (χ3n) is 5.88. The van der Waals surface area contributed by atoms with E-state index < -0.39 is 0 Å². The van der Waals surface area contributed by atoms with Crippen LogP contribution in [0.15, 0.2) is 24.5 Å². The number of carbonyl (C=O) groups is 1. The molecule has 4 saturated carbocycles. The number of aromatic nitrogens is 1. The van der Waals surface area contributed by atoms with E-state index in [4.69, 9.17) is 4.84 Å². The molecule has 0 aromatic carbocycles. The number of hydrogen-bond donors (Lipinski definition) is 1. The Labute approximate surface area is 131 Å². The van der Waals surface area contributed by atoms with Gasteiger partial charge in [-0.25, -0.2) is 4.79 Å². The fourth-order valence-corrected chi connectivity index (χ4v) is 6.26. The van der Waals surface area contributed by atoms with E-state index in [1.807, 2.05) is 0 Å². The highest BCUT2D eigenvalue weighted by Gasteiger charge is 2.60. The van der Waals surface area contributed by atoms with Crippen molar-refractivity contribution < 1.29 is 9.63 Å². The second-order valence-electron chi connectivity index (χ2n) is 8.64. The van der Waals surface area contributed by atoms with Crippen LogP contribution in [0.1, 0.15) is 62.7 Å². The van der Waals surface area contributed by atoms with E-state index in [-0.39, 0.29) is 11.5 Å². The molecular weight excluding hydrogens is 276 g/mol. The molecule has 0 aliphatic heterocycles. The van der Waals surface area contributed by atoms with Crippen LogP contribution in [-0.4, -0.2) is 16.5 Å². The Bertz CT molecular complexity index is 582. The van der Waals surface area contributed by atoms with E-state index in [1.165, 1.54) is 19.3 Å². The van der Waals surface area contributed by atoms with Gasteiger partial charge in [-0.15, -0.1) is 5.48 Å². The van der Waals surface area contributed by atoms with Crippen molar-refractivity contribution in [2.75, 3.05) is 0 Å². The second-order valence-corrected chi connectivity index (χ2v) is 8.64.